The quantitative estimate of drug-likeness (QED) is 0.543. The highest BCUT2D eigenvalue weighted by atomic mass is 16.4. The van der Waals surface area contributed by atoms with Crippen LogP contribution >= 0.6 is 0 Å². The van der Waals surface area contributed by atoms with Crippen molar-refractivity contribution in [3.63, 3.8) is 0 Å². The summed E-state index contributed by atoms with van der Waals surface area (Å²) in [5.74, 6) is -0.872. The molecule has 0 saturated heterocycles. The van der Waals surface area contributed by atoms with Crippen molar-refractivity contribution < 1.29 is 9.90 Å². The molecule has 2 N–H and O–H groups in total. The van der Waals surface area contributed by atoms with Crippen LogP contribution < -0.4 is 0 Å². The molecule has 0 saturated carbocycles. The van der Waals surface area contributed by atoms with Gasteiger partial charge < -0.3 is 10.1 Å². The lowest BCUT2D eigenvalue weighted by Crippen LogP contribution is -1.97. The Bertz CT molecular complexity index is 830. The van der Waals surface area contributed by atoms with Crippen LogP contribution in [-0.2, 0) is 6.42 Å². The van der Waals surface area contributed by atoms with Crippen molar-refractivity contribution in [2.24, 2.45) is 0 Å². The predicted molar refractivity (Wildman–Crippen MR) is 73.5 cm³/mol. The van der Waals surface area contributed by atoms with E-state index in [2.05, 4.69) is 17.1 Å². The molecule has 0 atom stereocenters. The third-order valence-electron chi connectivity index (χ3n) is 3.81. The Morgan fingerprint density at radius 2 is 1.95 bits per heavy atom. The largest absolute Gasteiger partial charge is 0.478 e. The lowest BCUT2D eigenvalue weighted by Gasteiger charge is -2.00. The fraction of sp³-hybridized carbons (Fsp3) is 0.0625. The molecule has 0 radical (unpaired) electrons. The molecule has 1 aromatic heterocycles. The van der Waals surface area contributed by atoms with E-state index in [4.69, 9.17) is 0 Å². The van der Waals surface area contributed by atoms with Gasteiger partial charge in [-0.1, -0.05) is 30.3 Å². The molecule has 1 aliphatic rings. The molecule has 92 valence electrons. The second-order valence-electron chi connectivity index (χ2n) is 4.85. The number of benzene rings is 2. The number of rotatable bonds is 1. The minimum atomic E-state index is -0.872. The molecule has 3 aromatic rings. The van der Waals surface area contributed by atoms with Crippen molar-refractivity contribution in [1.82, 2.24) is 4.98 Å². The Balaban J connectivity index is 2.10. The van der Waals surface area contributed by atoms with E-state index in [0.717, 1.165) is 28.6 Å². The van der Waals surface area contributed by atoms with Gasteiger partial charge in [0.15, 0.2) is 0 Å². The van der Waals surface area contributed by atoms with Gasteiger partial charge in [-0.05, 0) is 23.3 Å². The molecular formula is C16H11NO2. The van der Waals surface area contributed by atoms with E-state index in [9.17, 15) is 9.90 Å². The fourth-order valence-electron chi connectivity index (χ4n) is 3.01. The Kier molecular flexibility index (Phi) is 1.90. The molecule has 0 amide bonds. The van der Waals surface area contributed by atoms with Gasteiger partial charge in [0.1, 0.15) is 0 Å². The van der Waals surface area contributed by atoms with Gasteiger partial charge in [-0.2, -0.15) is 0 Å². The number of hydrogen-bond donors (Lipinski definition) is 2. The van der Waals surface area contributed by atoms with E-state index < -0.39 is 5.97 Å². The van der Waals surface area contributed by atoms with Gasteiger partial charge in [-0.25, -0.2) is 4.79 Å². The molecule has 3 heteroatoms. The summed E-state index contributed by atoms with van der Waals surface area (Å²) in [5.41, 5.74) is 5.89. The van der Waals surface area contributed by atoms with Crippen LogP contribution in [0.25, 0.3) is 22.2 Å². The number of fused-ring (bicyclic) bond motifs is 5. The summed E-state index contributed by atoms with van der Waals surface area (Å²) < 4.78 is 0. The number of carbonyl (C=O) groups is 1. The van der Waals surface area contributed by atoms with Crippen molar-refractivity contribution in [2.75, 3.05) is 0 Å². The number of nitrogens with one attached hydrogen (secondary N) is 1. The molecule has 0 unspecified atom stereocenters. The minimum absolute atomic E-state index is 0.378. The Labute approximate surface area is 109 Å². The maximum absolute atomic E-state index is 11.4. The van der Waals surface area contributed by atoms with E-state index in [1.54, 1.807) is 12.1 Å². The Hall–Kier alpha value is -2.55. The highest BCUT2D eigenvalue weighted by Gasteiger charge is 2.25. The summed E-state index contributed by atoms with van der Waals surface area (Å²) in [7, 11) is 0. The van der Waals surface area contributed by atoms with Gasteiger partial charge in [-0.3, -0.25) is 0 Å². The van der Waals surface area contributed by atoms with Gasteiger partial charge in [0, 0.05) is 22.9 Å². The third-order valence-corrected chi connectivity index (χ3v) is 3.81. The number of aromatic amines is 1. The number of carboxylic acids is 1. The highest BCUT2D eigenvalue weighted by Crippen LogP contribution is 2.41. The molecule has 0 spiro atoms. The van der Waals surface area contributed by atoms with Crippen molar-refractivity contribution in [1.29, 1.82) is 0 Å². The average molecular weight is 249 g/mol. The number of H-pyrrole nitrogens is 1. The first-order valence-electron chi connectivity index (χ1n) is 6.21. The van der Waals surface area contributed by atoms with Crippen LogP contribution in [0.4, 0.5) is 0 Å². The van der Waals surface area contributed by atoms with Crippen molar-refractivity contribution in [2.45, 2.75) is 6.42 Å². The Morgan fingerprint density at radius 3 is 2.79 bits per heavy atom. The normalized spacial score (nSPS) is 12.4. The number of carboxylic acid groups (broad SMARTS) is 1. The van der Waals surface area contributed by atoms with Gasteiger partial charge >= 0.3 is 5.97 Å². The first kappa shape index (κ1) is 10.4. The topological polar surface area (TPSA) is 53.1 Å². The number of aromatic carboxylic acids is 1. The van der Waals surface area contributed by atoms with Gasteiger partial charge in [0.05, 0.1) is 11.3 Å². The predicted octanol–water partition coefficient (Wildman–Crippen LogP) is 3.44. The van der Waals surface area contributed by atoms with Crippen molar-refractivity contribution >= 4 is 16.9 Å². The molecule has 0 aliphatic heterocycles. The van der Waals surface area contributed by atoms with Gasteiger partial charge in [-0.15, -0.1) is 0 Å². The average Bonchev–Trinajstić information content (AvgIpc) is 2.94. The zero-order valence-corrected chi connectivity index (χ0v) is 10.1. The molecule has 1 heterocycles. The van der Waals surface area contributed by atoms with Crippen LogP contribution in [0.5, 0.6) is 0 Å². The van der Waals surface area contributed by atoms with Crippen LogP contribution in [0.1, 0.15) is 21.5 Å². The molecule has 3 nitrogen and oxygen atoms in total. The molecular weight excluding hydrogens is 238 g/mol. The van der Waals surface area contributed by atoms with E-state index in [0.29, 0.717) is 5.56 Å². The van der Waals surface area contributed by atoms with E-state index in [-0.39, 0.29) is 0 Å². The van der Waals surface area contributed by atoms with Gasteiger partial charge in [0.2, 0.25) is 0 Å². The third kappa shape index (κ3) is 1.30. The second kappa shape index (κ2) is 3.48. The summed E-state index contributed by atoms with van der Waals surface area (Å²) in [6.07, 6.45) is 0.801. The maximum atomic E-state index is 11.4. The van der Waals surface area contributed by atoms with Crippen LogP contribution in [0.2, 0.25) is 0 Å². The molecule has 1 aliphatic carbocycles. The molecule has 0 bridgehead atoms. The van der Waals surface area contributed by atoms with Crippen LogP contribution in [0.3, 0.4) is 0 Å². The smallest absolute Gasteiger partial charge is 0.336 e. The molecule has 2 aromatic carbocycles. The zero-order valence-electron chi connectivity index (χ0n) is 10.1. The van der Waals surface area contributed by atoms with Crippen molar-refractivity contribution in [3.8, 4) is 11.3 Å². The summed E-state index contributed by atoms with van der Waals surface area (Å²) >= 11 is 0. The number of hydrogen-bond acceptors (Lipinski definition) is 1. The lowest BCUT2D eigenvalue weighted by atomic mass is 10.0. The summed E-state index contributed by atoms with van der Waals surface area (Å²) in [6.45, 7) is 0. The van der Waals surface area contributed by atoms with E-state index >= 15 is 0 Å². The zero-order chi connectivity index (χ0) is 13.0. The lowest BCUT2D eigenvalue weighted by molar-refractivity contribution is 0.0699. The summed E-state index contributed by atoms with van der Waals surface area (Å²) in [4.78, 5) is 14.7. The minimum Gasteiger partial charge on any atom is -0.478 e. The first-order chi connectivity index (χ1) is 9.25. The standard InChI is InChI=1S/C16H11NO2/c18-16(19)11-6-3-7-13-14(11)12-8-9-4-1-2-5-10(9)15(12)17-13/h1-7,17H,8H2,(H,18,19). The van der Waals surface area contributed by atoms with Gasteiger partial charge in [0.25, 0.3) is 0 Å². The first-order valence-corrected chi connectivity index (χ1v) is 6.21. The van der Waals surface area contributed by atoms with Crippen molar-refractivity contribution in [3.05, 3.63) is 59.2 Å². The second-order valence-corrected chi connectivity index (χ2v) is 4.85. The number of aromatic nitrogens is 1. The molecule has 19 heavy (non-hydrogen) atoms. The van der Waals surface area contributed by atoms with Crippen LogP contribution in [-0.4, -0.2) is 16.1 Å². The monoisotopic (exact) mass is 249 g/mol. The summed E-state index contributed by atoms with van der Waals surface area (Å²) in [5, 5.41) is 10.2. The molecule has 0 fully saturated rings. The summed E-state index contributed by atoms with van der Waals surface area (Å²) in [6, 6.07) is 13.6. The highest BCUT2D eigenvalue weighted by molar-refractivity contribution is 6.07. The van der Waals surface area contributed by atoms with E-state index in [1.165, 1.54) is 11.1 Å². The maximum Gasteiger partial charge on any atom is 0.336 e. The SMILES string of the molecule is O=C(O)c1cccc2[nH]c3c(c12)Cc1ccccc1-3. The Morgan fingerprint density at radius 1 is 1.11 bits per heavy atom. The molecule has 4 rings (SSSR count). The van der Waals surface area contributed by atoms with Crippen LogP contribution in [0, 0.1) is 0 Å². The fourth-order valence-corrected chi connectivity index (χ4v) is 3.01. The van der Waals surface area contributed by atoms with Crippen LogP contribution in [0.15, 0.2) is 42.5 Å². The van der Waals surface area contributed by atoms with E-state index in [1.807, 2.05) is 18.2 Å².